The van der Waals surface area contributed by atoms with E-state index in [1.807, 2.05) is 37.3 Å². The minimum Gasteiger partial charge on any atom is -0.394 e. The van der Waals surface area contributed by atoms with Crippen molar-refractivity contribution in [1.29, 1.82) is 0 Å². The Balaban J connectivity index is 2.45. The van der Waals surface area contributed by atoms with Gasteiger partial charge in [0.25, 0.3) is 0 Å². The van der Waals surface area contributed by atoms with Crippen LogP contribution in [-0.4, -0.2) is 22.2 Å². The molecule has 0 spiro atoms. The van der Waals surface area contributed by atoms with E-state index in [4.69, 9.17) is 5.73 Å². The number of nitrogens with zero attached hydrogens (tertiary/aromatic N) is 1. The zero-order chi connectivity index (χ0) is 11.6. The molecule has 2 aromatic rings. The second-order valence-electron chi connectivity index (χ2n) is 4.48. The van der Waals surface area contributed by atoms with Gasteiger partial charge in [-0.25, -0.2) is 0 Å². The predicted octanol–water partition coefficient (Wildman–Crippen LogP) is 1.49. The Labute approximate surface area is 94.9 Å². The summed E-state index contributed by atoms with van der Waals surface area (Å²) < 4.78 is 0. The van der Waals surface area contributed by atoms with E-state index in [1.54, 1.807) is 6.20 Å². The quantitative estimate of drug-likeness (QED) is 0.817. The molecule has 0 aliphatic heterocycles. The Hall–Kier alpha value is -1.45. The lowest BCUT2D eigenvalue weighted by Gasteiger charge is -2.22. The Morgan fingerprint density at radius 2 is 2.06 bits per heavy atom. The van der Waals surface area contributed by atoms with Crippen LogP contribution in [0.4, 0.5) is 0 Å². The van der Waals surface area contributed by atoms with Crippen molar-refractivity contribution in [3.63, 3.8) is 0 Å². The van der Waals surface area contributed by atoms with Crippen LogP contribution in [0.3, 0.4) is 0 Å². The third-order valence-electron chi connectivity index (χ3n) is 2.69. The van der Waals surface area contributed by atoms with Crippen LogP contribution in [0.1, 0.15) is 12.5 Å². The van der Waals surface area contributed by atoms with Gasteiger partial charge in [0.1, 0.15) is 0 Å². The van der Waals surface area contributed by atoms with Crippen molar-refractivity contribution in [1.82, 2.24) is 4.98 Å². The van der Waals surface area contributed by atoms with Crippen molar-refractivity contribution >= 4 is 10.9 Å². The lowest BCUT2D eigenvalue weighted by atomic mass is 9.93. The molecule has 1 aromatic heterocycles. The number of hydrogen-bond donors (Lipinski definition) is 2. The van der Waals surface area contributed by atoms with Gasteiger partial charge in [-0.2, -0.15) is 0 Å². The molecular weight excluding hydrogens is 200 g/mol. The van der Waals surface area contributed by atoms with Crippen LogP contribution >= 0.6 is 0 Å². The van der Waals surface area contributed by atoms with Gasteiger partial charge in [0, 0.05) is 17.1 Å². The summed E-state index contributed by atoms with van der Waals surface area (Å²) >= 11 is 0. The van der Waals surface area contributed by atoms with Gasteiger partial charge in [-0.15, -0.1) is 0 Å². The number of nitrogens with two attached hydrogens (primary N) is 1. The molecule has 0 fully saturated rings. The summed E-state index contributed by atoms with van der Waals surface area (Å²) in [6, 6.07) is 9.92. The fraction of sp³-hybridized carbons (Fsp3) is 0.308. The standard InChI is InChI=1S/C13H16N2O/c1-13(14,9-16)8-10-6-7-15-12-5-3-2-4-11(10)12/h2-7,16H,8-9,14H2,1H3. The second kappa shape index (κ2) is 4.20. The van der Waals surface area contributed by atoms with E-state index < -0.39 is 5.54 Å². The van der Waals surface area contributed by atoms with E-state index in [-0.39, 0.29) is 6.61 Å². The third kappa shape index (κ3) is 2.21. The zero-order valence-electron chi connectivity index (χ0n) is 9.35. The summed E-state index contributed by atoms with van der Waals surface area (Å²) in [6.07, 6.45) is 2.43. The number of fused-ring (bicyclic) bond motifs is 1. The molecule has 2 rings (SSSR count). The van der Waals surface area contributed by atoms with E-state index >= 15 is 0 Å². The minimum absolute atomic E-state index is 0.0242. The first-order valence-corrected chi connectivity index (χ1v) is 5.35. The van der Waals surface area contributed by atoms with Gasteiger partial charge in [0.05, 0.1) is 12.1 Å². The highest BCUT2D eigenvalue weighted by atomic mass is 16.3. The SMILES string of the molecule is CC(N)(CO)Cc1ccnc2ccccc12. The van der Waals surface area contributed by atoms with E-state index in [2.05, 4.69) is 4.98 Å². The molecule has 1 atom stereocenters. The maximum Gasteiger partial charge on any atom is 0.0704 e. The van der Waals surface area contributed by atoms with Crippen LogP contribution in [-0.2, 0) is 6.42 Å². The lowest BCUT2D eigenvalue weighted by molar-refractivity contribution is 0.208. The Morgan fingerprint density at radius 1 is 1.31 bits per heavy atom. The van der Waals surface area contributed by atoms with Gasteiger partial charge in [0.2, 0.25) is 0 Å². The van der Waals surface area contributed by atoms with Gasteiger partial charge in [0.15, 0.2) is 0 Å². The molecule has 0 aliphatic carbocycles. The topological polar surface area (TPSA) is 59.1 Å². The molecule has 0 bridgehead atoms. The normalized spacial score (nSPS) is 14.9. The molecule has 84 valence electrons. The first-order valence-electron chi connectivity index (χ1n) is 5.35. The smallest absolute Gasteiger partial charge is 0.0704 e. The first-order chi connectivity index (χ1) is 7.62. The first kappa shape index (κ1) is 11.0. The van der Waals surface area contributed by atoms with Gasteiger partial charge in [-0.3, -0.25) is 4.98 Å². The molecule has 0 radical (unpaired) electrons. The van der Waals surface area contributed by atoms with Crippen molar-refractivity contribution in [2.45, 2.75) is 18.9 Å². The van der Waals surface area contributed by atoms with Crippen LogP contribution in [0.25, 0.3) is 10.9 Å². The van der Waals surface area contributed by atoms with Gasteiger partial charge >= 0.3 is 0 Å². The number of hydrogen-bond acceptors (Lipinski definition) is 3. The molecule has 3 nitrogen and oxygen atoms in total. The van der Waals surface area contributed by atoms with Crippen LogP contribution in [0.2, 0.25) is 0 Å². The summed E-state index contributed by atoms with van der Waals surface area (Å²) in [5.74, 6) is 0. The van der Waals surface area contributed by atoms with E-state index in [9.17, 15) is 5.11 Å². The molecule has 3 N–H and O–H groups in total. The fourth-order valence-corrected chi connectivity index (χ4v) is 1.80. The largest absolute Gasteiger partial charge is 0.394 e. The molecule has 16 heavy (non-hydrogen) atoms. The highest BCUT2D eigenvalue weighted by Crippen LogP contribution is 2.19. The number of aromatic nitrogens is 1. The molecule has 0 saturated carbocycles. The number of rotatable bonds is 3. The molecule has 0 aliphatic rings. The number of aliphatic hydroxyl groups excluding tert-OH is 1. The minimum atomic E-state index is -0.579. The van der Waals surface area contributed by atoms with Crippen molar-refractivity contribution in [2.75, 3.05) is 6.61 Å². The lowest BCUT2D eigenvalue weighted by Crippen LogP contribution is -2.42. The third-order valence-corrected chi connectivity index (χ3v) is 2.69. The summed E-state index contributed by atoms with van der Waals surface area (Å²) in [5, 5.41) is 10.3. The highest BCUT2D eigenvalue weighted by Gasteiger charge is 2.18. The monoisotopic (exact) mass is 216 g/mol. The molecule has 1 heterocycles. The summed E-state index contributed by atoms with van der Waals surface area (Å²) in [5.41, 5.74) is 7.49. The fourth-order valence-electron chi connectivity index (χ4n) is 1.80. The van der Waals surface area contributed by atoms with Crippen molar-refractivity contribution in [3.05, 3.63) is 42.1 Å². The Kier molecular flexibility index (Phi) is 2.90. The zero-order valence-corrected chi connectivity index (χ0v) is 9.35. The van der Waals surface area contributed by atoms with Gasteiger partial charge in [-0.05, 0) is 31.0 Å². The molecule has 1 unspecified atom stereocenters. The molecule has 0 amide bonds. The average molecular weight is 216 g/mol. The van der Waals surface area contributed by atoms with Gasteiger partial charge in [-0.1, -0.05) is 18.2 Å². The van der Waals surface area contributed by atoms with Crippen molar-refractivity contribution in [3.8, 4) is 0 Å². The molecular formula is C13H16N2O. The number of para-hydroxylation sites is 1. The van der Waals surface area contributed by atoms with Crippen molar-refractivity contribution < 1.29 is 5.11 Å². The van der Waals surface area contributed by atoms with Gasteiger partial charge < -0.3 is 10.8 Å². The highest BCUT2D eigenvalue weighted by molar-refractivity contribution is 5.81. The number of benzene rings is 1. The van der Waals surface area contributed by atoms with Crippen LogP contribution in [0.5, 0.6) is 0 Å². The van der Waals surface area contributed by atoms with Crippen molar-refractivity contribution in [2.24, 2.45) is 5.73 Å². The van der Waals surface area contributed by atoms with Crippen LogP contribution in [0.15, 0.2) is 36.5 Å². The number of aliphatic hydroxyl groups is 1. The van der Waals surface area contributed by atoms with E-state index in [0.29, 0.717) is 6.42 Å². The van der Waals surface area contributed by atoms with E-state index in [0.717, 1.165) is 16.5 Å². The molecule has 1 aromatic carbocycles. The maximum atomic E-state index is 9.19. The Bertz CT molecular complexity index is 489. The number of pyridine rings is 1. The predicted molar refractivity (Wildman–Crippen MR) is 65.1 cm³/mol. The summed E-state index contributed by atoms with van der Waals surface area (Å²) in [4.78, 5) is 4.29. The second-order valence-corrected chi connectivity index (χ2v) is 4.48. The Morgan fingerprint density at radius 3 is 2.81 bits per heavy atom. The summed E-state index contributed by atoms with van der Waals surface area (Å²) in [7, 11) is 0. The van der Waals surface area contributed by atoms with Crippen LogP contribution < -0.4 is 5.73 Å². The maximum absolute atomic E-state index is 9.19. The van der Waals surface area contributed by atoms with E-state index in [1.165, 1.54) is 0 Å². The molecule has 3 heteroatoms. The van der Waals surface area contributed by atoms with Crippen LogP contribution in [0, 0.1) is 0 Å². The average Bonchev–Trinajstić information content (AvgIpc) is 2.29. The molecule has 0 saturated heterocycles. The summed E-state index contributed by atoms with van der Waals surface area (Å²) in [6.45, 7) is 1.83.